The maximum atomic E-state index is 9.71. The summed E-state index contributed by atoms with van der Waals surface area (Å²) in [5.41, 5.74) is 0.794. The number of halogens is 1. The highest BCUT2D eigenvalue weighted by molar-refractivity contribution is 7.11. The summed E-state index contributed by atoms with van der Waals surface area (Å²) in [5.74, 6) is 0.259. The Balaban J connectivity index is 2.01. The van der Waals surface area contributed by atoms with Crippen LogP contribution in [0.2, 0.25) is 5.02 Å². The summed E-state index contributed by atoms with van der Waals surface area (Å²) < 4.78 is 0. The van der Waals surface area contributed by atoms with Crippen molar-refractivity contribution in [3.8, 4) is 5.75 Å². The van der Waals surface area contributed by atoms with Gasteiger partial charge in [0.1, 0.15) is 10.8 Å². The van der Waals surface area contributed by atoms with Gasteiger partial charge in [0.05, 0.1) is 6.04 Å². The van der Waals surface area contributed by atoms with E-state index in [1.54, 1.807) is 29.5 Å². The zero-order chi connectivity index (χ0) is 13.1. The van der Waals surface area contributed by atoms with Gasteiger partial charge in [-0.2, -0.15) is 0 Å². The molecule has 0 saturated carbocycles. The average molecular weight is 283 g/mol. The molecule has 2 aromatic rings. The largest absolute Gasteiger partial charge is 0.508 e. The third-order valence-electron chi connectivity index (χ3n) is 2.65. The van der Waals surface area contributed by atoms with Gasteiger partial charge in [0, 0.05) is 28.2 Å². The molecule has 1 heterocycles. The van der Waals surface area contributed by atoms with Gasteiger partial charge in [0.15, 0.2) is 0 Å². The Morgan fingerprint density at radius 2 is 2.28 bits per heavy atom. The van der Waals surface area contributed by atoms with Crippen LogP contribution in [-0.2, 0) is 6.54 Å². The van der Waals surface area contributed by atoms with Crippen molar-refractivity contribution in [1.29, 1.82) is 0 Å². The summed E-state index contributed by atoms with van der Waals surface area (Å²) in [5, 5.41) is 14.7. The fourth-order valence-corrected chi connectivity index (χ4v) is 2.61. The second-order valence-corrected chi connectivity index (χ2v) is 5.89. The fraction of sp³-hybridized carbons (Fsp3) is 0.308. The first-order chi connectivity index (χ1) is 8.56. The molecule has 0 aliphatic carbocycles. The number of benzene rings is 1. The molecule has 3 nitrogen and oxygen atoms in total. The SMILES string of the molecule is Cc1cnc(C(C)NCc2cc(Cl)ccc2O)s1. The van der Waals surface area contributed by atoms with Crippen molar-refractivity contribution in [1.82, 2.24) is 10.3 Å². The van der Waals surface area contributed by atoms with E-state index in [0.717, 1.165) is 10.6 Å². The van der Waals surface area contributed by atoms with Crippen LogP contribution in [-0.4, -0.2) is 10.1 Å². The summed E-state index contributed by atoms with van der Waals surface area (Å²) in [6.45, 7) is 4.66. The molecule has 0 aliphatic rings. The van der Waals surface area contributed by atoms with Crippen LogP contribution in [0.25, 0.3) is 0 Å². The number of hydrogen-bond donors (Lipinski definition) is 2. The number of phenolic OH excluding ortho intramolecular Hbond substituents is 1. The summed E-state index contributed by atoms with van der Waals surface area (Å²) in [4.78, 5) is 5.53. The number of rotatable bonds is 4. The minimum Gasteiger partial charge on any atom is -0.508 e. The molecule has 18 heavy (non-hydrogen) atoms. The maximum absolute atomic E-state index is 9.71. The highest BCUT2D eigenvalue weighted by atomic mass is 35.5. The molecule has 5 heteroatoms. The predicted octanol–water partition coefficient (Wildman–Crippen LogP) is 3.66. The number of nitrogens with one attached hydrogen (secondary N) is 1. The van der Waals surface area contributed by atoms with E-state index in [0.29, 0.717) is 11.6 Å². The number of phenols is 1. The second-order valence-electron chi connectivity index (χ2n) is 4.18. The van der Waals surface area contributed by atoms with Crippen LogP contribution in [0.5, 0.6) is 5.75 Å². The minimum absolute atomic E-state index is 0.155. The van der Waals surface area contributed by atoms with Crippen molar-refractivity contribution in [3.63, 3.8) is 0 Å². The minimum atomic E-state index is 0.155. The molecule has 0 fully saturated rings. The Morgan fingerprint density at radius 1 is 1.50 bits per heavy atom. The van der Waals surface area contributed by atoms with E-state index in [1.807, 2.05) is 13.1 Å². The lowest BCUT2D eigenvalue weighted by Crippen LogP contribution is -2.17. The quantitative estimate of drug-likeness (QED) is 0.899. The molecule has 0 aliphatic heterocycles. The lowest BCUT2D eigenvalue weighted by molar-refractivity contribution is 0.460. The van der Waals surface area contributed by atoms with Gasteiger partial charge in [0.25, 0.3) is 0 Å². The Hall–Kier alpha value is -1.10. The normalized spacial score (nSPS) is 12.6. The molecule has 96 valence electrons. The van der Waals surface area contributed by atoms with Crippen LogP contribution in [0.15, 0.2) is 24.4 Å². The number of thiazole rings is 1. The van der Waals surface area contributed by atoms with Crippen molar-refractivity contribution in [3.05, 3.63) is 44.9 Å². The molecule has 0 spiro atoms. The van der Waals surface area contributed by atoms with E-state index in [9.17, 15) is 5.11 Å². The molecule has 0 radical (unpaired) electrons. The zero-order valence-corrected chi connectivity index (χ0v) is 11.8. The van der Waals surface area contributed by atoms with Crippen LogP contribution >= 0.6 is 22.9 Å². The molecule has 0 saturated heterocycles. The maximum Gasteiger partial charge on any atom is 0.120 e. The summed E-state index contributed by atoms with van der Waals surface area (Å²) in [6, 6.07) is 5.21. The smallest absolute Gasteiger partial charge is 0.120 e. The Kier molecular flexibility index (Phi) is 4.22. The molecule has 1 aromatic heterocycles. The van der Waals surface area contributed by atoms with E-state index in [4.69, 9.17) is 11.6 Å². The van der Waals surface area contributed by atoms with Crippen LogP contribution in [0, 0.1) is 6.92 Å². The lowest BCUT2D eigenvalue weighted by atomic mass is 10.2. The lowest BCUT2D eigenvalue weighted by Gasteiger charge is -2.12. The number of aryl methyl sites for hydroxylation is 1. The molecule has 1 atom stereocenters. The van der Waals surface area contributed by atoms with E-state index >= 15 is 0 Å². The van der Waals surface area contributed by atoms with E-state index in [-0.39, 0.29) is 11.8 Å². The van der Waals surface area contributed by atoms with Crippen LogP contribution in [0.1, 0.15) is 28.4 Å². The van der Waals surface area contributed by atoms with E-state index < -0.39 is 0 Å². The van der Waals surface area contributed by atoms with Crippen molar-refractivity contribution < 1.29 is 5.11 Å². The number of aromatic nitrogens is 1. The van der Waals surface area contributed by atoms with Crippen molar-refractivity contribution in [2.75, 3.05) is 0 Å². The first kappa shape index (κ1) is 13.3. The van der Waals surface area contributed by atoms with Gasteiger partial charge in [-0.05, 0) is 32.0 Å². The molecule has 0 bridgehead atoms. The fourth-order valence-electron chi connectivity index (χ4n) is 1.62. The number of hydrogen-bond acceptors (Lipinski definition) is 4. The Bertz CT molecular complexity index is 542. The first-order valence-corrected chi connectivity index (χ1v) is 6.89. The topological polar surface area (TPSA) is 45.2 Å². The summed E-state index contributed by atoms with van der Waals surface area (Å²) in [7, 11) is 0. The van der Waals surface area contributed by atoms with Gasteiger partial charge in [-0.1, -0.05) is 11.6 Å². The van der Waals surface area contributed by atoms with Gasteiger partial charge >= 0.3 is 0 Å². The highest BCUT2D eigenvalue weighted by Crippen LogP contribution is 2.23. The summed E-state index contributed by atoms with van der Waals surface area (Å²) in [6.07, 6.45) is 1.87. The van der Waals surface area contributed by atoms with Crippen molar-refractivity contribution >= 4 is 22.9 Å². The van der Waals surface area contributed by atoms with Crippen molar-refractivity contribution in [2.45, 2.75) is 26.4 Å². The van der Waals surface area contributed by atoms with Gasteiger partial charge in [0.2, 0.25) is 0 Å². The van der Waals surface area contributed by atoms with Crippen molar-refractivity contribution in [2.24, 2.45) is 0 Å². The molecule has 1 unspecified atom stereocenters. The monoisotopic (exact) mass is 282 g/mol. The van der Waals surface area contributed by atoms with Gasteiger partial charge in [-0.25, -0.2) is 4.98 Å². The molecule has 2 N–H and O–H groups in total. The average Bonchev–Trinajstić information content (AvgIpc) is 2.77. The molecule has 1 aromatic carbocycles. The molecular formula is C13H15ClN2OS. The van der Waals surface area contributed by atoms with Gasteiger partial charge in [-0.3, -0.25) is 0 Å². The second kappa shape index (κ2) is 5.69. The third kappa shape index (κ3) is 3.22. The van der Waals surface area contributed by atoms with Gasteiger partial charge in [-0.15, -0.1) is 11.3 Å². The highest BCUT2D eigenvalue weighted by Gasteiger charge is 2.10. The third-order valence-corrected chi connectivity index (χ3v) is 3.98. The van der Waals surface area contributed by atoms with E-state index in [2.05, 4.69) is 17.2 Å². The van der Waals surface area contributed by atoms with Gasteiger partial charge < -0.3 is 10.4 Å². The summed E-state index contributed by atoms with van der Waals surface area (Å²) >= 11 is 7.58. The molecular weight excluding hydrogens is 268 g/mol. The standard InChI is InChI=1S/C13H15ClN2OS/c1-8-6-16-13(18-8)9(2)15-7-10-5-11(14)3-4-12(10)17/h3-6,9,15,17H,7H2,1-2H3. The number of nitrogens with zero attached hydrogens (tertiary/aromatic N) is 1. The predicted molar refractivity (Wildman–Crippen MR) is 75.2 cm³/mol. The molecule has 0 amide bonds. The zero-order valence-electron chi connectivity index (χ0n) is 10.3. The van der Waals surface area contributed by atoms with Crippen LogP contribution in [0.3, 0.4) is 0 Å². The first-order valence-electron chi connectivity index (χ1n) is 5.69. The van der Waals surface area contributed by atoms with Crippen LogP contribution < -0.4 is 5.32 Å². The van der Waals surface area contributed by atoms with Crippen LogP contribution in [0.4, 0.5) is 0 Å². The number of aromatic hydroxyl groups is 1. The Morgan fingerprint density at radius 3 is 2.94 bits per heavy atom. The molecule has 2 rings (SSSR count). The van der Waals surface area contributed by atoms with E-state index in [1.165, 1.54) is 4.88 Å². The Labute approximate surface area is 115 Å².